The van der Waals surface area contributed by atoms with Crippen molar-refractivity contribution in [2.24, 2.45) is 5.41 Å². The maximum Gasteiger partial charge on any atom is 0.291 e. The molecule has 12 nitrogen and oxygen atoms in total. The van der Waals surface area contributed by atoms with E-state index < -0.39 is 25.5 Å². The van der Waals surface area contributed by atoms with Crippen LogP contribution in [0.4, 0.5) is 10.8 Å². The van der Waals surface area contributed by atoms with Crippen LogP contribution in [0, 0.1) is 5.41 Å². The number of rotatable bonds is 7. The molecule has 2 aromatic rings. The number of methoxy groups -OCH3 is 1. The first-order valence-corrected chi connectivity index (χ1v) is 13.5. The molecule has 1 aromatic carbocycles. The SMILES string of the molecule is COc1ccc(NS(=O)(=O)c2nnc(NC(=O)C(C)(C)C)s2)cc1S(=O)(=O)N1CCOCC1. The Labute approximate surface area is 196 Å². The van der Waals surface area contributed by atoms with E-state index in [9.17, 15) is 21.6 Å². The molecule has 0 spiro atoms. The summed E-state index contributed by atoms with van der Waals surface area (Å²) in [7, 11) is -6.82. The number of hydrogen-bond donors (Lipinski definition) is 2. The number of benzene rings is 1. The molecule has 1 aromatic heterocycles. The van der Waals surface area contributed by atoms with Gasteiger partial charge in [-0.3, -0.25) is 9.52 Å². The van der Waals surface area contributed by atoms with Crippen molar-refractivity contribution in [3.05, 3.63) is 18.2 Å². The molecule has 2 heterocycles. The topological polar surface area (TPSA) is 157 Å². The fourth-order valence-corrected chi connectivity index (χ4v) is 6.26. The van der Waals surface area contributed by atoms with Crippen LogP contribution < -0.4 is 14.8 Å². The first-order valence-electron chi connectivity index (χ1n) is 9.78. The van der Waals surface area contributed by atoms with Crippen molar-refractivity contribution in [1.82, 2.24) is 14.5 Å². The Bertz CT molecular complexity index is 1230. The number of nitrogens with zero attached hydrogens (tertiary/aromatic N) is 3. The zero-order valence-corrected chi connectivity index (χ0v) is 20.9. The molecule has 33 heavy (non-hydrogen) atoms. The Morgan fingerprint density at radius 1 is 1.15 bits per heavy atom. The van der Waals surface area contributed by atoms with E-state index in [1.807, 2.05) is 0 Å². The van der Waals surface area contributed by atoms with Gasteiger partial charge in [0, 0.05) is 18.5 Å². The van der Waals surface area contributed by atoms with Crippen LogP contribution in [-0.2, 0) is 29.6 Å². The molecule has 0 radical (unpaired) electrons. The van der Waals surface area contributed by atoms with E-state index >= 15 is 0 Å². The van der Waals surface area contributed by atoms with Gasteiger partial charge in [0.1, 0.15) is 10.6 Å². The second-order valence-corrected chi connectivity index (χ2v) is 12.8. The number of aromatic nitrogens is 2. The molecular formula is C18H25N5O7S3. The van der Waals surface area contributed by atoms with Gasteiger partial charge >= 0.3 is 0 Å². The number of anilines is 2. The highest BCUT2D eigenvalue weighted by molar-refractivity contribution is 7.94. The molecule has 15 heteroatoms. The fourth-order valence-electron chi connectivity index (χ4n) is 2.72. The molecule has 0 atom stereocenters. The van der Waals surface area contributed by atoms with Crippen LogP contribution in [0.5, 0.6) is 5.75 Å². The van der Waals surface area contributed by atoms with E-state index in [0.29, 0.717) is 11.3 Å². The van der Waals surface area contributed by atoms with Crippen LogP contribution in [0.2, 0.25) is 0 Å². The summed E-state index contributed by atoms with van der Waals surface area (Å²) in [4.78, 5) is 11.9. The van der Waals surface area contributed by atoms with Gasteiger partial charge in [-0.05, 0) is 18.2 Å². The minimum Gasteiger partial charge on any atom is -0.495 e. The monoisotopic (exact) mass is 519 g/mol. The molecule has 1 aliphatic heterocycles. The molecular weight excluding hydrogens is 494 g/mol. The van der Waals surface area contributed by atoms with E-state index in [-0.39, 0.29) is 58.0 Å². The molecule has 1 saturated heterocycles. The molecule has 1 amide bonds. The summed E-state index contributed by atoms with van der Waals surface area (Å²) in [6.45, 7) is 5.99. The summed E-state index contributed by atoms with van der Waals surface area (Å²) in [5.74, 6) is -0.267. The lowest BCUT2D eigenvalue weighted by molar-refractivity contribution is -0.123. The van der Waals surface area contributed by atoms with Crippen molar-refractivity contribution in [1.29, 1.82) is 0 Å². The lowest BCUT2D eigenvalue weighted by Gasteiger charge is -2.26. The second-order valence-electron chi connectivity index (χ2n) is 8.06. The second kappa shape index (κ2) is 9.50. The lowest BCUT2D eigenvalue weighted by atomic mass is 9.96. The maximum absolute atomic E-state index is 13.1. The van der Waals surface area contributed by atoms with Crippen molar-refractivity contribution in [3.63, 3.8) is 0 Å². The first kappa shape index (κ1) is 25.3. The van der Waals surface area contributed by atoms with Crippen molar-refractivity contribution in [3.8, 4) is 5.75 Å². The summed E-state index contributed by atoms with van der Waals surface area (Å²) < 4.78 is 65.3. The van der Waals surface area contributed by atoms with Crippen LogP contribution in [0.25, 0.3) is 0 Å². The normalized spacial score (nSPS) is 15.8. The quantitative estimate of drug-likeness (QED) is 0.515. The molecule has 1 aliphatic rings. The minimum atomic E-state index is -4.20. The van der Waals surface area contributed by atoms with Crippen molar-refractivity contribution in [2.45, 2.75) is 30.0 Å². The molecule has 1 fully saturated rings. The van der Waals surface area contributed by atoms with Crippen LogP contribution in [0.15, 0.2) is 27.4 Å². The van der Waals surface area contributed by atoms with Crippen molar-refractivity contribution < 1.29 is 31.1 Å². The van der Waals surface area contributed by atoms with E-state index in [1.54, 1.807) is 20.8 Å². The summed E-state index contributed by atoms with van der Waals surface area (Å²) >= 11 is 0.674. The van der Waals surface area contributed by atoms with E-state index in [0.717, 1.165) is 0 Å². The zero-order chi connectivity index (χ0) is 24.4. The molecule has 3 rings (SSSR count). The highest BCUT2D eigenvalue weighted by Gasteiger charge is 2.30. The molecule has 182 valence electrons. The number of carbonyl (C=O) groups is 1. The molecule has 0 saturated carbocycles. The van der Waals surface area contributed by atoms with Gasteiger partial charge in [0.15, 0.2) is 0 Å². The number of hydrogen-bond acceptors (Lipinski definition) is 10. The molecule has 0 unspecified atom stereocenters. The average molecular weight is 520 g/mol. The molecule has 0 bridgehead atoms. The maximum atomic E-state index is 13.1. The number of amides is 1. The summed E-state index contributed by atoms with van der Waals surface area (Å²) in [5.41, 5.74) is -0.702. The zero-order valence-electron chi connectivity index (χ0n) is 18.5. The smallest absolute Gasteiger partial charge is 0.291 e. The Morgan fingerprint density at radius 3 is 2.42 bits per heavy atom. The number of ether oxygens (including phenoxy) is 2. The van der Waals surface area contributed by atoms with Crippen LogP contribution in [0.3, 0.4) is 0 Å². The van der Waals surface area contributed by atoms with Gasteiger partial charge in [0.2, 0.25) is 21.1 Å². The minimum absolute atomic E-state index is 0.00175. The predicted molar refractivity (Wildman–Crippen MR) is 121 cm³/mol. The van der Waals surface area contributed by atoms with Gasteiger partial charge in [0.05, 0.1) is 26.0 Å². The van der Waals surface area contributed by atoms with Gasteiger partial charge in [-0.2, -0.15) is 12.7 Å². The summed E-state index contributed by atoms with van der Waals surface area (Å²) in [5, 5.41) is 9.89. The standard InChI is InChI=1S/C18H25N5O7S3/c1-18(2,3)15(24)19-16-20-21-17(31-16)32(25,26)22-12-5-6-13(29-4)14(11-12)33(27,28)23-7-9-30-10-8-23/h5-6,11,22H,7-10H2,1-4H3,(H,19,20,24). The number of carbonyl (C=O) groups excluding carboxylic acids is 1. The third-order valence-corrected chi connectivity index (χ3v) is 9.05. The predicted octanol–water partition coefficient (Wildman–Crippen LogP) is 1.35. The van der Waals surface area contributed by atoms with E-state index in [1.165, 1.54) is 29.6 Å². The van der Waals surface area contributed by atoms with Crippen LogP contribution in [0.1, 0.15) is 20.8 Å². The van der Waals surface area contributed by atoms with Crippen molar-refractivity contribution >= 4 is 48.1 Å². The first-order chi connectivity index (χ1) is 15.3. The molecule has 0 aliphatic carbocycles. The Kier molecular flexibility index (Phi) is 7.28. The molecule has 2 N–H and O–H groups in total. The Balaban J connectivity index is 1.86. The highest BCUT2D eigenvalue weighted by Crippen LogP contribution is 2.31. The van der Waals surface area contributed by atoms with E-state index in [2.05, 4.69) is 20.2 Å². The highest BCUT2D eigenvalue weighted by atomic mass is 32.2. The summed E-state index contributed by atoms with van der Waals surface area (Å²) in [6.07, 6.45) is 0. The third kappa shape index (κ3) is 5.78. The van der Waals surface area contributed by atoms with E-state index in [4.69, 9.17) is 9.47 Å². The van der Waals surface area contributed by atoms with Gasteiger partial charge in [-0.1, -0.05) is 32.1 Å². The summed E-state index contributed by atoms with van der Waals surface area (Å²) in [6, 6.07) is 3.92. The Morgan fingerprint density at radius 2 is 1.82 bits per heavy atom. The number of sulfonamides is 2. The lowest BCUT2D eigenvalue weighted by Crippen LogP contribution is -2.40. The number of nitrogens with one attached hydrogen (secondary N) is 2. The van der Waals surface area contributed by atoms with Gasteiger partial charge in [-0.15, -0.1) is 10.2 Å². The fraction of sp³-hybridized carbons (Fsp3) is 0.500. The third-order valence-electron chi connectivity index (χ3n) is 4.54. The van der Waals surface area contributed by atoms with Crippen molar-refractivity contribution in [2.75, 3.05) is 43.5 Å². The van der Waals surface area contributed by atoms with Crippen LogP contribution in [-0.4, -0.2) is 70.7 Å². The van der Waals surface area contributed by atoms with Gasteiger partial charge < -0.3 is 14.8 Å². The van der Waals surface area contributed by atoms with Gasteiger partial charge in [-0.25, -0.2) is 8.42 Å². The van der Waals surface area contributed by atoms with Gasteiger partial charge in [0.25, 0.3) is 14.4 Å². The van der Waals surface area contributed by atoms with Crippen LogP contribution >= 0.6 is 11.3 Å². The number of morpholine rings is 1. The Hall–Kier alpha value is -2.33. The largest absolute Gasteiger partial charge is 0.495 e. The average Bonchev–Trinajstić information content (AvgIpc) is 3.23.